The smallest absolute Gasteiger partial charge is 0.257 e. The maximum Gasteiger partial charge on any atom is 0.257 e. The van der Waals surface area contributed by atoms with Crippen molar-refractivity contribution in [2.24, 2.45) is 0 Å². The van der Waals surface area contributed by atoms with E-state index < -0.39 is 0 Å². The van der Waals surface area contributed by atoms with Crippen LogP contribution in [0.4, 0.5) is 0 Å². The molecule has 0 unspecified atom stereocenters. The summed E-state index contributed by atoms with van der Waals surface area (Å²) in [6.07, 6.45) is 0. The molecule has 6 heteroatoms. The molecule has 0 aliphatic rings. The van der Waals surface area contributed by atoms with Gasteiger partial charge in [-0.05, 0) is 31.2 Å². The number of carbonyl (C=O) groups is 1. The van der Waals surface area contributed by atoms with Gasteiger partial charge >= 0.3 is 0 Å². The number of carbonyl (C=O) groups excluding carboxylic acids is 1. The number of nitrogens with zero attached hydrogens (tertiary/aromatic N) is 1. The Morgan fingerprint density at radius 3 is 2.26 bits per heavy atom. The number of hydrogen-bond donors (Lipinski definition) is 0. The zero-order valence-electron chi connectivity index (χ0n) is 14.0. The summed E-state index contributed by atoms with van der Waals surface area (Å²) >= 11 is 1.68. The predicted molar refractivity (Wildman–Crippen MR) is 91.0 cm³/mol. The van der Waals surface area contributed by atoms with Crippen LogP contribution in [0.3, 0.4) is 0 Å². The quantitative estimate of drug-likeness (QED) is 0.812. The lowest BCUT2D eigenvalue weighted by molar-refractivity contribution is 0.0782. The molecule has 0 N–H and O–H groups in total. The van der Waals surface area contributed by atoms with Gasteiger partial charge in [0.05, 0.1) is 33.4 Å². The van der Waals surface area contributed by atoms with E-state index in [1.54, 1.807) is 42.5 Å². The van der Waals surface area contributed by atoms with Crippen molar-refractivity contribution in [1.82, 2.24) is 4.90 Å². The molecule has 0 bridgehead atoms. The third-order valence-electron chi connectivity index (χ3n) is 3.47. The largest absolute Gasteiger partial charge is 0.493 e. The highest BCUT2D eigenvalue weighted by Crippen LogP contribution is 2.40. The topological polar surface area (TPSA) is 48.0 Å². The van der Waals surface area contributed by atoms with Crippen molar-refractivity contribution in [3.63, 3.8) is 0 Å². The Morgan fingerprint density at radius 2 is 1.74 bits per heavy atom. The lowest BCUT2D eigenvalue weighted by Crippen LogP contribution is -2.26. The molecule has 1 amide bonds. The van der Waals surface area contributed by atoms with Crippen LogP contribution in [-0.4, -0.2) is 39.2 Å². The normalized spacial score (nSPS) is 10.3. The first-order chi connectivity index (χ1) is 11.0. The van der Waals surface area contributed by atoms with Gasteiger partial charge in [0, 0.05) is 16.8 Å². The molecule has 1 aromatic heterocycles. The van der Waals surface area contributed by atoms with Crippen molar-refractivity contribution in [3.8, 4) is 17.2 Å². The second-order valence-corrected chi connectivity index (χ2v) is 6.43. The summed E-state index contributed by atoms with van der Waals surface area (Å²) in [6.45, 7) is 2.60. The third kappa shape index (κ3) is 3.59. The van der Waals surface area contributed by atoms with Gasteiger partial charge in [-0.1, -0.05) is 0 Å². The zero-order chi connectivity index (χ0) is 17.0. The predicted octanol–water partition coefficient (Wildman–Crippen LogP) is 3.35. The van der Waals surface area contributed by atoms with Gasteiger partial charge in [-0.25, -0.2) is 0 Å². The minimum atomic E-state index is -0.131. The van der Waals surface area contributed by atoms with Gasteiger partial charge in [0.15, 0.2) is 11.5 Å². The van der Waals surface area contributed by atoms with Crippen molar-refractivity contribution in [1.29, 1.82) is 0 Å². The van der Waals surface area contributed by atoms with Gasteiger partial charge in [0.1, 0.15) is 0 Å². The lowest BCUT2D eigenvalue weighted by Gasteiger charge is -2.20. The van der Waals surface area contributed by atoms with E-state index in [4.69, 9.17) is 14.2 Å². The number of ether oxygens (including phenoxy) is 3. The minimum Gasteiger partial charge on any atom is -0.493 e. The molecular formula is C17H21NO4S. The molecule has 124 valence electrons. The SMILES string of the molecule is COc1ccc(C(=O)N(C)Cc2ccc(C)s2)c(OC)c1OC. The monoisotopic (exact) mass is 335 g/mol. The van der Waals surface area contributed by atoms with Crippen molar-refractivity contribution in [2.45, 2.75) is 13.5 Å². The number of rotatable bonds is 6. The summed E-state index contributed by atoms with van der Waals surface area (Å²) in [5.41, 5.74) is 0.445. The molecule has 23 heavy (non-hydrogen) atoms. The maximum atomic E-state index is 12.8. The van der Waals surface area contributed by atoms with Crippen molar-refractivity contribution >= 4 is 17.2 Å². The number of thiophene rings is 1. The summed E-state index contributed by atoms with van der Waals surface area (Å²) in [4.78, 5) is 16.8. The molecule has 2 rings (SSSR count). The van der Waals surface area contributed by atoms with Crippen LogP contribution in [0.2, 0.25) is 0 Å². The molecule has 0 aliphatic heterocycles. The first-order valence-corrected chi connectivity index (χ1v) is 7.93. The van der Waals surface area contributed by atoms with E-state index in [1.807, 2.05) is 13.0 Å². The molecule has 1 aromatic carbocycles. The van der Waals surface area contributed by atoms with Crippen LogP contribution in [0.15, 0.2) is 24.3 Å². The average Bonchev–Trinajstić information content (AvgIpc) is 2.97. The lowest BCUT2D eigenvalue weighted by atomic mass is 10.1. The zero-order valence-corrected chi connectivity index (χ0v) is 14.8. The third-order valence-corrected chi connectivity index (χ3v) is 4.46. The van der Waals surface area contributed by atoms with Crippen molar-refractivity contribution < 1.29 is 19.0 Å². The fraction of sp³-hybridized carbons (Fsp3) is 0.353. The first kappa shape index (κ1) is 17.1. The Balaban J connectivity index is 2.31. The van der Waals surface area contributed by atoms with Crippen LogP contribution < -0.4 is 14.2 Å². The summed E-state index contributed by atoms with van der Waals surface area (Å²) in [6, 6.07) is 7.49. The Hall–Kier alpha value is -2.21. The highest BCUT2D eigenvalue weighted by molar-refractivity contribution is 7.11. The summed E-state index contributed by atoms with van der Waals surface area (Å²) in [5, 5.41) is 0. The standard InChI is InChI=1S/C17H21NO4S/c1-11-6-7-12(23-11)10-18(2)17(19)13-8-9-14(20-3)16(22-5)15(13)21-4/h6-9H,10H2,1-5H3. The minimum absolute atomic E-state index is 0.131. The second kappa shape index (κ2) is 7.37. The molecular weight excluding hydrogens is 314 g/mol. The van der Waals surface area contributed by atoms with Crippen LogP contribution >= 0.6 is 11.3 Å². The number of aryl methyl sites for hydroxylation is 1. The van der Waals surface area contributed by atoms with Gasteiger partial charge in [0.2, 0.25) is 5.75 Å². The molecule has 2 aromatic rings. The Bertz CT molecular complexity index is 696. The van der Waals surface area contributed by atoms with Gasteiger partial charge in [-0.15, -0.1) is 11.3 Å². The van der Waals surface area contributed by atoms with Gasteiger partial charge in [0.25, 0.3) is 5.91 Å². The highest BCUT2D eigenvalue weighted by Gasteiger charge is 2.23. The molecule has 0 fully saturated rings. The van der Waals surface area contributed by atoms with Crippen LogP contribution in [0.1, 0.15) is 20.1 Å². The molecule has 0 saturated heterocycles. The van der Waals surface area contributed by atoms with E-state index in [0.29, 0.717) is 29.4 Å². The van der Waals surface area contributed by atoms with Crippen LogP contribution in [0, 0.1) is 6.92 Å². The highest BCUT2D eigenvalue weighted by atomic mass is 32.1. The van der Waals surface area contributed by atoms with Gasteiger partial charge in [-0.2, -0.15) is 0 Å². The summed E-state index contributed by atoms with van der Waals surface area (Å²) in [7, 11) is 6.35. The average molecular weight is 335 g/mol. The second-order valence-electron chi connectivity index (χ2n) is 5.06. The number of methoxy groups -OCH3 is 3. The fourth-order valence-corrected chi connectivity index (χ4v) is 3.29. The van der Waals surface area contributed by atoms with Crippen LogP contribution in [-0.2, 0) is 6.54 Å². The molecule has 5 nitrogen and oxygen atoms in total. The van der Waals surface area contributed by atoms with E-state index >= 15 is 0 Å². The Morgan fingerprint density at radius 1 is 1.04 bits per heavy atom. The molecule has 0 radical (unpaired) electrons. The number of hydrogen-bond acceptors (Lipinski definition) is 5. The molecule has 0 saturated carbocycles. The van der Waals surface area contributed by atoms with Crippen LogP contribution in [0.25, 0.3) is 0 Å². The van der Waals surface area contributed by atoms with Crippen molar-refractivity contribution in [3.05, 3.63) is 39.6 Å². The van der Waals surface area contributed by atoms with E-state index in [0.717, 1.165) is 4.88 Å². The maximum absolute atomic E-state index is 12.8. The number of benzene rings is 1. The summed E-state index contributed by atoms with van der Waals surface area (Å²) in [5.74, 6) is 1.19. The fourth-order valence-electron chi connectivity index (χ4n) is 2.35. The van der Waals surface area contributed by atoms with E-state index in [-0.39, 0.29) is 5.91 Å². The number of amides is 1. The van der Waals surface area contributed by atoms with Crippen LogP contribution in [0.5, 0.6) is 17.2 Å². The van der Waals surface area contributed by atoms with Crippen molar-refractivity contribution in [2.75, 3.05) is 28.4 Å². The van der Waals surface area contributed by atoms with Gasteiger partial charge in [-0.3, -0.25) is 4.79 Å². The molecule has 0 atom stereocenters. The van der Waals surface area contributed by atoms with E-state index in [2.05, 4.69) is 6.07 Å². The summed E-state index contributed by atoms with van der Waals surface area (Å²) < 4.78 is 16.0. The van der Waals surface area contributed by atoms with Gasteiger partial charge < -0.3 is 19.1 Å². The molecule has 0 spiro atoms. The molecule has 1 heterocycles. The first-order valence-electron chi connectivity index (χ1n) is 7.11. The van der Waals surface area contributed by atoms with E-state index in [9.17, 15) is 4.79 Å². The van der Waals surface area contributed by atoms with E-state index in [1.165, 1.54) is 19.1 Å². The Labute approximate surface area is 140 Å². The molecule has 0 aliphatic carbocycles. The Kier molecular flexibility index (Phi) is 5.50.